The molecule has 1 aliphatic rings. The van der Waals surface area contributed by atoms with Crippen LogP contribution in [0.4, 0.5) is 0 Å². The topological polar surface area (TPSA) is 77.9 Å². The minimum absolute atomic E-state index is 0.299. The van der Waals surface area contributed by atoms with Crippen molar-refractivity contribution in [2.24, 2.45) is 0 Å². The van der Waals surface area contributed by atoms with E-state index in [0.29, 0.717) is 24.5 Å². The van der Waals surface area contributed by atoms with Crippen molar-refractivity contribution < 1.29 is 18.3 Å². The highest BCUT2D eigenvalue weighted by Crippen LogP contribution is 2.15. The number of hydrogen-bond acceptors (Lipinski definition) is 5. The molecule has 0 spiro atoms. The summed E-state index contributed by atoms with van der Waals surface area (Å²) in [7, 11) is -1.36. The van der Waals surface area contributed by atoms with Crippen LogP contribution in [-0.2, 0) is 21.2 Å². The van der Waals surface area contributed by atoms with E-state index in [9.17, 15) is 18.3 Å². The predicted octanol–water partition coefficient (Wildman–Crippen LogP) is 0.291. The molecule has 1 N–H and O–H groups in total. The lowest BCUT2D eigenvalue weighted by molar-refractivity contribution is -0.145. The van der Waals surface area contributed by atoms with Crippen LogP contribution in [0.5, 0.6) is 0 Å². The van der Waals surface area contributed by atoms with Gasteiger partial charge in [-0.1, -0.05) is 12.1 Å². The van der Waals surface area contributed by atoms with Crippen LogP contribution in [0.15, 0.2) is 29.2 Å². The van der Waals surface area contributed by atoms with Crippen molar-refractivity contribution >= 4 is 15.8 Å². The summed E-state index contributed by atoms with van der Waals surface area (Å²) in [5, 5.41) is 9.18. The van der Waals surface area contributed by atoms with Crippen molar-refractivity contribution in [2.75, 3.05) is 32.9 Å². The van der Waals surface area contributed by atoms with Crippen LogP contribution < -0.4 is 0 Å². The van der Waals surface area contributed by atoms with Gasteiger partial charge in [-0.25, -0.2) is 8.42 Å². The number of benzene rings is 1. The van der Waals surface area contributed by atoms with E-state index >= 15 is 0 Å². The van der Waals surface area contributed by atoms with Gasteiger partial charge in [0.05, 0.1) is 4.90 Å². The molecule has 1 atom stereocenters. The normalized spacial score (nSPS) is 21.3. The van der Waals surface area contributed by atoms with E-state index in [2.05, 4.69) is 4.90 Å². The Balaban J connectivity index is 2.03. The van der Waals surface area contributed by atoms with Crippen LogP contribution in [-0.4, -0.2) is 68.3 Å². The number of carbonyl (C=O) groups is 1. The first-order chi connectivity index (χ1) is 9.77. The van der Waals surface area contributed by atoms with Gasteiger partial charge in [0.15, 0.2) is 9.84 Å². The Labute approximate surface area is 124 Å². The molecule has 0 aliphatic carbocycles. The Morgan fingerprint density at radius 2 is 1.90 bits per heavy atom. The molecular formula is C14H20N2O4S. The second-order valence-electron chi connectivity index (χ2n) is 5.49. The van der Waals surface area contributed by atoms with Gasteiger partial charge >= 0.3 is 5.97 Å². The van der Waals surface area contributed by atoms with Gasteiger partial charge in [0, 0.05) is 32.4 Å². The van der Waals surface area contributed by atoms with Gasteiger partial charge in [-0.05, 0) is 24.7 Å². The fourth-order valence-corrected chi connectivity index (χ4v) is 3.07. The number of likely N-dealkylation sites (N-methyl/N-ethyl adjacent to an activating group) is 1. The van der Waals surface area contributed by atoms with Gasteiger partial charge in [-0.15, -0.1) is 0 Å². The Morgan fingerprint density at radius 3 is 2.43 bits per heavy atom. The molecule has 2 rings (SSSR count). The number of nitrogens with zero attached hydrogens (tertiary/aromatic N) is 2. The van der Waals surface area contributed by atoms with Crippen molar-refractivity contribution in [3.8, 4) is 0 Å². The molecule has 0 bridgehead atoms. The van der Waals surface area contributed by atoms with Gasteiger partial charge in [0.2, 0.25) is 0 Å². The number of carboxylic acids is 1. The first-order valence-electron chi connectivity index (χ1n) is 6.72. The Morgan fingerprint density at radius 1 is 1.29 bits per heavy atom. The summed E-state index contributed by atoms with van der Waals surface area (Å²) < 4.78 is 22.8. The monoisotopic (exact) mass is 312 g/mol. The summed E-state index contributed by atoms with van der Waals surface area (Å²) >= 11 is 0. The molecule has 7 heteroatoms. The molecule has 116 valence electrons. The van der Waals surface area contributed by atoms with Crippen LogP contribution in [0.2, 0.25) is 0 Å². The van der Waals surface area contributed by atoms with E-state index in [1.54, 1.807) is 24.3 Å². The first-order valence-corrected chi connectivity index (χ1v) is 8.61. The zero-order valence-corrected chi connectivity index (χ0v) is 13.0. The van der Waals surface area contributed by atoms with Crippen molar-refractivity contribution in [3.63, 3.8) is 0 Å². The van der Waals surface area contributed by atoms with Crippen molar-refractivity contribution in [2.45, 2.75) is 17.5 Å². The Bertz CT molecular complexity index is 612. The molecule has 1 aliphatic heterocycles. The maximum atomic E-state index is 11.4. The molecular weight excluding hydrogens is 292 g/mol. The van der Waals surface area contributed by atoms with Gasteiger partial charge in [-0.2, -0.15) is 0 Å². The number of piperazine rings is 1. The van der Waals surface area contributed by atoms with E-state index in [4.69, 9.17) is 0 Å². The third kappa shape index (κ3) is 4.03. The van der Waals surface area contributed by atoms with Gasteiger partial charge < -0.3 is 5.11 Å². The number of sulfone groups is 1. The third-order valence-corrected chi connectivity index (χ3v) is 4.90. The highest BCUT2D eigenvalue weighted by Gasteiger charge is 2.29. The zero-order chi connectivity index (χ0) is 15.6. The van der Waals surface area contributed by atoms with Gasteiger partial charge in [-0.3, -0.25) is 14.6 Å². The maximum Gasteiger partial charge on any atom is 0.322 e. The van der Waals surface area contributed by atoms with Gasteiger partial charge in [0.25, 0.3) is 0 Å². The second-order valence-corrected chi connectivity index (χ2v) is 7.50. The number of aliphatic carboxylic acids is 1. The number of hydrogen-bond donors (Lipinski definition) is 1. The fraction of sp³-hybridized carbons (Fsp3) is 0.500. The van der Waals surface area contributed by atoms with Crippen LogP contribution in [0.25, 0.3) is 0 Å². The molecule has 6 nitrogen and oxygen atoms in total. The van der Waals surface area contributed by atoms with E-state index in [0.717, 1.165) is 12.1 Å². The molecule has 1 saturated heterocycles. The quantitative estimate of drug-likeness (QED) is 0.861. The van der Waals surface area contributed by atoms with Crippen molar-refractivity contribution in [1.29, 1.82) is 0 Å². The summed E-state index contributed by atoms with van der Waals surface area (Å²) in [5.74, 6) is -0.811. The number of rotatable bonds is 4. The third-order valence-electron chi connectivity index (χ3n) is 3.77. The summed E-state index contributed by atoms with van der Waals surface area (Å²) in [5.41, 5.74) is 0.982. The summed E-state index contributed by atoms with van der Waals surface area (Å²) in [4.78, 5) is 15.4. The fourth-order valence-electron chi connectivity index (χ4n) is 2.44. The molecule has 1 heterocycles. The molecule has 0 amide bonds. The van der Waals surface area contributed by atoms with E-state index in [-0.39, 0.29) is 0 Å². The molecule has 1 aromatic rings. The van der Waals surface area contributed by atoms with E-state index in [1.807, 2.05) is 11.9 Å². The molecule has 1 aromatic carbocycles. The molecule has 0 saturated carbocycles. The lowest BCUT2D eigenvalue weighted by Gasteiger charge is -2.37. The van der Waals surface area contributed by atoms with Gasteiger partial charge in [0.1, 0.15) is 6.04 Å². The summed E-state index contributed by atoms with van der Waals surface area (Å²) in [6.45, 7) is 2.60. The predicted molar refractivity (Wildman–Crippen MR) is 78.9 cm³/mol. The minimum Gasteiger partial charge on any atom is -0.480 e. The lowest BCUT2D eigenvalue weighted by atomic mass is 10.1. The lowest BCUT2D eigenvalue weighted by Crippen LogP contribution is -2.54. The van der Waals surface area contributed by atoms with Crippen LogP contribution in [0.3, 0.4) is 0 Å². The van der Waals surface area contributed by atoms with Crippen LogP contribution in [0, 0.1) is 0 Å². The Hall–Kier alpha value is -1.44. The van der Waals surface area contributed by atoms with Crippen molar-refractivity contribution in [3.05, 3.63) is 29.8 Å². The Kier molecular flexibility index (Phi) is 4.65. The average Bonchev–Trinajstić information content (AvgIpc) is 2.40. The molecule has 1 fully saturated rings. The average molecular weight is 312 g/mol. The molecule has 0 aromatic heterocycles. The first kappa shape index (κ1) is 15.9. The number of carboxylic acid groups (broad SMARTS) is 1. The maximum absolute atomic E-state index is 11.4. The van der Waals surface area contributed by atoms with Crippen molar-refractivity contribution in [1.82, 2.24) is 9.80 Å². The van der Waals surface area contributed by atoms with Crippen LogP contribution >= 0.6 is 0 Å². The SMILES string of the molecule is CN1CCN(Cc2ccc(S(C)(=O)=O)cc2)C[C@H]1C(=O)O. The minimum atomic E-state index is -3.18. The smallest absolute Gasteiger partial charge is 0.322 e. The van der Waals surface area contributed by atoms with E-state index < -0.39 is 21.8 Å². The molecule has 0 radical (unpaired) electrons. The van der Waals surface area contributed by atoms with Crippen LogP contribution in [0.1, 0.15) is 5.56 Å². The highest BCUT2D eigenvalue weighted by molar-refractivity contribution is 7.90. The highest BCUT2D eigenvalue weighted by atomic mass is 32.2. The zero-order valence-electron chi connectivity index (χ0n) is 12.2. The van der Waals surface area contributed by atoms with E-state index in [1.165, 1.54) is 6.26 Å². The molecule has 0 unspecified atom stereocenters. The summed E-state index contributed by atoms with van der Waals surface area (Å²) in [6, 6.07) is 6.26. The largest absolute Gasteiger partial charge is 0.480 e. The molecule has 21 heavy (non-hydrogen) atoms. The second kappa shape index (κ2) is 6.13. The summed E-state index contributed by atoms with van der Waals surface area (Å²) in [6.07, 6.45) is 1.18. The standard InChI is InChI=1S/C14H20N2O4S/c1-15-7-8-16(10-13(15)14(17)18)9-11-3-5-12(6-4-11)21(2,19)20/h3-6,13H,7-10H2,1-2H3,(H,17,18)/t13-/m0/s1.